The summed E-state index contributed by atoms with van der Waals surface area (Å²) in [5.74, 6) is -0.703. The minimum absolute atomic E-state index is 0.218. The maximum atomic E-state index is 11.3. The minimum atomic E-state index is -0.677. The third-order valence-corrected chi connectivity index (χ3v) is 6.20. The molecule has 4 rings (SSSR count). The van der Waals surface area contributed by atoms with Gasteiger partial charge in [0, 0.05) is 17.8 Å². The second kappa shape index (κ2) is 9.75. The second-order valence-corrected chi connectivity index (χ2v) is 7.93. The van der Waals surface area contributed by atoms with Crippen LogP contribution in [0.3, 0.4) is 0 Å². The van der Waals surface area contributed by atoms with E-state index in [1.54, 1.807) is 6.33 Å². The van der Waals surface area contributed by atoms with Crippen molar-refractivity contribution in [3.05, 3.63) is 88.0 Å². The number of aromatic amines is 1. The summed E-state index contributed by atoms with van der Waals surface area (Å²) in [5, 5.41) is 9.31. The van der Waals surface area contributed by atoms with Gasteiger partial charge in [0.2, 0.25) is 0 Å². The molecule has 1 aliphatic rings. The van der Waals surface area contributed by atoms with Crippen molar-refractivity contribution in [3.63, 3.8) is 0 Å². The first-order valence-corrected chi connectivity index (χ1v) is 10.9. The van der Waals surface area contributed by atoms with Gasteiger partial charge >= 0.3 is 5.97 Å². The second-order valence-electron chi connectivity index (χ2n) is 7.93. The Balaban J connectivity index is 0.00000124. The molecule has 3 aromatic rings. The van der Waals surface area contributed by atoms with Crippen LogP contribution < -0.4 is 0 Å². The van der Waals surface area contributed by atoms with Crippen molar-refractivity contribution in [3.8, 4) is 0 Å². The van der Waals surface area contributed by atoms with Crippen LogP contribution in [0, 0.1) is 19.8 Å². The van der Waals surface area contributed by atoms with Crippen molar-refractivity contribution >= 4 is 5.97 Å². The molecule has 1 aliphatic carbocycles. The fraction of sp³-hybridized carbons (Fsp3) is 0.385. The maximum Gasteiger partial charge on any atom is 0.306 e. The lowest BCUT2D eigenvalue weighted by Gasteiger charge is -2.24. The number of rotatable bonds is 5. The van der Waals surface area contributed by atoms with Crippen LogP contribution in [0.5, 0.6) is 0 Å². The molecule has 158 valence electrons. The number of aliphatic carboxylic acids is 1. The molecule has 0 bridgehead atoms. The normalized spacial score (nSPS) is 16.2. The predicted octanol–water partition coefficient (Wildman–Crippen LogP) is 5.62. The number of hydrogen-bond donors (Lipinski definition) is 2. The molecular weight excluding hydrogens is 372 g/mol. The van der Waals surface area contributed by atoms with Gasteiger partial charge in [-0.15, -0.1) is 0 Å². The molecule has 2 unspecified atom stereocenters. The molecule has 0 fully saturated rings. The lowest BCUT2D eigenvalue weighted by Crippen LogP contribution is -2.22. The van der Waals surface area contributed by atoms with Crippen LogP contribution >= 0.6 is 0 Å². The molecule has 0 saturated carbocycles. The van der Waals surface area contributed by atoms with E-state index in [9.17, 15) is 9.90 Å². The Morgan fingerprint density at radius 3 is 2.70 bits per heavy atom. The Morgan fingerprint density at radius 1 is 1.20 bits per heavy atom. The molecule has 1 heterocycles. The summed E-state index contributed by atoms with van der Waals surface area (Å²) in [6.07, 6.45) is 6.77. The summed E-state index contributed by atoms with van der Waals surface area (Å²) in [7, 11) is 0. The number of nitrogens with zero attached hydrogens (tertiary/aromatic N) is 1. The Labute approximate surface area is 179 Å². The lowest BCUT2D eigenvalue weighted by molar-refractivity contribution is -0.142. The van der Waals surface area contributed by atoms with Crippen LogP contribution in [-0.2, 0) is 24.1 Å². The van der Waals surface area contributed by atoms with Gasteiger partial charge in [0.15, 0.2) is 0 Å². The summed E-state index contributed by atoms with van der Waals surface area (Å²) in [4.78, 5) is 18.9. The summed E-state index contributed by atoms with van der Waals surface area (Å²) in [6.45, 7) is 8.34. The number of carboxylic acids is 1. The number of aromatic nitrogens is 2. The van der Waals surface area contributed by atoms with Crippen LogP contribution in [0.1, 0.15) is 65.3 Å². The van der Waals surface area contributed by atoms with Gasteiger partial charge in [0.05, 0.1) is 12.2 Å². The van der Waals surface area contributed by atoms with Gasteiger partial charge in [-0.1, -0.05) is 50.2 Å². The fourth-order valence-corrected chi connectivity index (χ4v) is 4.38. The highest BCUT2D eigenvalue weighted by Gasteiger charge is 2.25. The summed E-state index contributed by atoms with van der Waals surface area (Å²) in [6, 6.07) is 13.1. The van der Waals surface area contributed by atoms with E-state index in [4.69, 9.17) is 0 Å². The topological polar surface area (TPSA) is 66.0 Å². The molecule has 0 saturated heterocycles. The highest BCUT2D eigenvalue weighted by atomic mass is 16.4. The minimum Gasteiger partial charge on any atom is -0.481 e. The summed E-state index contributed by atoms with van der Waals surface area (Å²) >= 11 is 0. The number of benzene rings is 2. The molecule has 0 aliphatic heterocycles. The first kappa shape index (κ1) is 21.8. The molecule has 1 aromatic heterocycles. The van der Waals surface area contributed by atoms with E-state index in [1.807, 2.05) is 20.0 Å². The zero-order valence-corrected chi connectivity index (χ0v) is 18.4. The van der Waals surface area contributed by atoms with Gasteiger partial charge in [-0.2, -0.15) is 0 Å². The van der Waals surface area contributed by atoms with E-state index in [2.05, 4.69) is 60.2 Å². The number of aryl methyl sites for hydroxylation is 2. The van der Waals surface area contributed by atoms with E-state index in [1.165, 1.54) is 33.4 Å². The van der Waals surface area contributed by atoms with Gasteiger partial charge in [0.1, 0.15) is 0 Å². The fourth-order valence-electron chi connectivity index (χ4n) is 4.38. The number of fused-ring (bicyclic) bond motifs is 1. The van der Waals surface area contributed by atoms with Crippen LogP contribution in [0.25, 0.3) is 0 Å². The molecule has 4 nitrogen and oxygen atoms in total. The van der Waals surface area contributed by atoms with Gasteiger partial charge in [-0.05, 0) is 72.9 Å². The smallest absolute Gasteiger partial charge is 0.306 e. The molecule has 4 heteroatoms. The molecule has 2 N–H and O–H groups in total. The van der Waals surface area contributed by atoms with Crippen molar-refractivity contribution in [2.45, 2.75) is 59.3 Å². The third-order valence-electron chi connectivity index (χ3n) is 6.20. The number of imidazole rings is 1. The van der Waals surface area contributed by atoms with Gasteiger partial charge in [0.25, 0.3) is 0 Å². The Hall–Kier alpha value is -2.88. The van der Waals surface area contributed by atoms with Crippen LogP contribution in [-0.4, -0.2) is 21.0 Å². The Kier molecular flexibility index (Phi) is 7.09. The zero-order chi connectivity index (χ0) is 21.7. The average Bonchev–Trinajstić information content (AvgIpc) is 3.30. The molecular formula is C26H32N2O2. The van der Waals surface area contributed by atoms with E-state index in [-0.39, 0.29) is 11.8 Å². The van der Waals surface area contributed by atoms with Crippen molar-refractivity contribution in [2.75, 3.05) is 0 Å². The zero-order valence-electron chi connectivity index (χ0n) is 18.4. The third kappa shape index (κ3) is 4.64. The SMILES string of the molecule is CC.Cc1cccc(C(Cc2ccc3c(c2)CCC(C(=O)O)C3)c2cnc[nH]2)c1C. The first-order valence-electron chi connectivity index (χ1n) is 10.9. The number of H-pyrrole nitrogens is 1. The van der Waals surface area contributed by atoms with Crippen molar-refractivity contribution in [1.82, 2.24) is 9.97 Å². The van der Waals surface area contributed by atoms with Crippen LogP contribution in [0.4, 0.5) is 0 Å². The summed E-state index contributed by atoms with van der Waals surface area (Å²) in [5.41, 5.74) is 8.85. The average molecular weight is 405 g/mol. The van der Waals surface area contributed by atoms with E-state index < -0.39 is 5.97 Å². The van der Waals surface area contributed by atoms with Gasteiger partial charge in [-0.25, -0.2) is 4.98 Å². The highest BCUT2D eigenvalue weighted by Crippen LogP contribution is 2.33. The number of carboxylic acid groups (broad SMARTS) is 1. The van der Waals surface area contributed by atoms with Crippen LogP contribution in [0.15, 0.2) is 48.9 Å². The van der Waals surface area contributed by atoms with Crippen molar-refractivity contribution in [1.29, 1.82) is 0 Å². The molecule has 0 spiro atoms. The number of nitrogens with one attached hydrogen (secondary N) is 1. The van der Waals surface area contributed by atoms with Gasteiger partial charge < -0.3 is 10.1 Å². The monoisotopic (exact) mass is 404 g/mol. The quantitative estimate of drug-likeness (QED) is 0.580. The van der Waals surface area contributed by atoms with E-state index >= 15 is 0 Å². The molecule has 2 atom stereocenters. The number of carbonyl (C=O) groups is 1. The van der Waals surface area contributed by atoms with Crippen molar-refractivity contribution < 1.29 is 9.90 Å². The molecule has 30 heavy (non-hydrogen) atoms. The standard InChI is InChI=1S/C24H26N2O2.C2H6/c1-15-4-3-5-21(16(15)2)22(23-13-25-14-26-23)11-17-6-7-19-12-20(24(27)28)9-8-18(19)10-17;1-2/h3-7,10,13-14,20,22H,8-9,11-12H2,1-2H3,(H,25,26)(H,27,28);1-2H3. The highest BCUT2D eigenvalue weighted by molar-refractivity contribution is 5.71. The van der Waals surface area contributed by atoms with Gasteiger partial charge in [-0.3, -0.25) is 4.79 Å². The van der Waals surface area contributed by atoms with E-state index in [0.29, 0.717) is 6.42 Å². The molecule has 0 amide bonds. The maximum absolute atomic E-state index is 11.3. The summed E-state index contributed by atoms with van der Waals surface area (Å²) < 4.78 is 0. The number of hydrogen-bond acceptors (Lipinski definition) is 2. The molecule has 0 radical (unpaired) electrons. The predicted molar refractivity (Wildman–Crippen MR) is 121 cm³/mol. The Morgan fingerprint density at radius 2 is 2.00 bits per heavy atom. The van der Waals surface area contributed by atoms with Crippen LogP contribution in [0.2, 0.25) is 0 Å². The van der Waals surface area contributed by atoms with E-state index in [0.717, 1.165) is 25.0 Å². The molecule has 2 aromatic carbocycles. The Bertz CT molecular complexity index is 992. The largest absolute Gasteiger partial charge is 0.481 e. The lowest BCUT2D eigenvalue weighted by atomic mass is 9.81. The first-order chi connectivity index (χ1) is 14.5. The van der Waals surface area contributed by atoms with Crippen molar-refractivity contribution in [2.24, 2.45) is 5.92 Å².